The summed E-state index contributed by atoms with van der Waals surface area (Å²) in [6.07, 6.45) is 4.88. The van der Waals surface area contributed by atoms with Crippen molar-refractivity contribution < 1.29 is 18.0 Å². The quantitative estimate of drug-likeness (QED) is 0.765. The molecule has 4 rings (SSSR count). The number of piperazine rings is 1. The van der Waals surface area contributed by atoms with Gasteiger partial charge in [-0.3, -0.25) is 9.69 Å². The first kappa shape index (κ1) is 17.4. The molecule has 3 aromatic rings. The lowest BCUT2D eigenvalue weighted by Crippen LogP contribution is -2.48. The van der Waals surface area contributed by atoms with Crippen LogP contribution in [-0.4, -0.2) is 51.9 Å². The third-order valence-electron chi connectivity index (χ3n) is 4.68. The maximum absolute atomic E-state index is 13.5. The van der Waals surface area contributed by atoms with Gasteiger partial charge in [-0.25, -0.2) is 13.8 Å². The summed E-state index contributed by atoms with van der Waals surface area (Å²) in [5.74, 6) is -1.11. The molecule has 0 radical (unpaired) electrons. The third-order valence-corrected chi connectivity index (χ3v) is 4.68. The van der Waals surface area contributed by atoms with E-state index in [2.05, 4.69) is 14.9 Å². The Morgan fingerprint density at radius 3 is 2.67 bits per heavy atom. The van der Waals surface area contributed by atoms with E-state index in [0.29, 0.717) is 43.9 Å². The first-order chi connectivity index (χ1) is 13.1. The molecule has 1 N–H and O–H groups in total. The molecule has 1 aliphatic rings. The predicted molar refractivity (Wildman–Crippen MR) is 93.8 cm³/mol. The lowest BCUT2D eigenvalue weighted by molar-refractivity contribution is 0.0596. The fourth-order valence-electron chi connectivity index (χ4n) is 3.21. The number of H-pyrrole nitrogens is 1. The van der Waals surface area contributed by atoms with E-state index in [-0.39, 0.29) is 11.7 Å². The predicted octanol–water partition coefficient (Wildman–Crippen LogP) is 2.91. The average Bonchev–Trinajstić information content (AvgIpc) is 3.36. The van der Waals surface area contributed by atoms with E-state index in [4.69, 9.17) is 4.42 Å². The fourth-order valence-corrected chi connectivity index (χ4v) is 3.21. The molecule has 0 atom stereocenters. The summed E-state index contributed by atoms with van der Waals surface area (Å²) in [5.41, 5.74) is 0.861. The van der Waals surface area contributed by atoms with Crippen molar-refractivity contribution in [1.29, 1.82) is 0 Å². The van der Waals surface area contributed by atoms with Gasteiger partial charge in [-0.2, -0.15) is 0 Å². The molecular weight excluding hydrogens is 354 g/mol. The first-order valence-electron chi connectivity index (χ1n) is 8.64. The minimum absolute atomic E-state index is 0.139. The van der Waals surface area contributed by atoms with Gasteiger partial charge in [0, 0.05) is 44.1 Å². The summed E-state index contributed by atoms with van der Waals surface area (Å²) in [5, 5.41) is 0. The second-order valence-corrected chi connectivity index (χ2v) is 6.40. The van der Waals surface area contributed by atoms with Gasteiger partial charge >= 0.3 is 0 Å². The summed E-state index contributed by atoms with van der Waals surface area (Å²) in [7, 11) is 0. The second-order valence-electron chi connectivity index (χ2n) is 6.40. The number of halogens is 2. The molecule has 0 unspecified atom stereocenters. The van der Waals surface area contributed by atoms with Crippen molar-refractivity contribution in [1.82, 2.24) is 19.8 Å². The van der Waals surface area contributed by atoms with Crippen LogP contribution in [0.4, 0.5) is 8.78 Å². The number of benzene rings is 1. The molecule has 1 fully saturated rings. The lowest BCUT2D eigenvalue weighted by atomic mass is 10.1. The number of carbonyl (C=O) groups excluding carboxylic acids is 1. The fraction of sp³-hybridized carbons (Fsp3) is 0.263. The van der Waals surface area contributed by atoms with Crippen LogP contribution >= 0.6 is 0 Å². The first-order valence-corrected chi connectivity index (χ1v) is 8.64. The largest absolute Gasteiger partial charge is 0.459 e. The van der Waals surface area contributed by atoms with Gasteiger partial charge in [0.15, 0.2) is 17.4 Å². The number of nitrogens with zero attached hydrogens (tertiary/aromatic N) is 3. The zero-order valence-corrected chi connectivity index (χ0v) is 14.5. The van der Waals surface area contributed by atoms with Crippen molar-refractivity contribution in [2.75, 3.05) is 26.2 Å². The van der Waals surface area contributed by atoms with Crippen molar-refractivity contribution in [2.24, 2.45) is 0 Å². The number of rotatable bonds is 4. The molecule has 0 spiro atoms. The molecule has 0 saturated carbocycles. The number of aromatic amines is 1. The molecule has 0 aliphatic carbocycles. The molecule has 1 aromatic carbocycles. The zero-order valence-electron chi connectivity index (χ0n) is 14.5. The van der Waals surface area contributed by atoms with E-state index in [9.17, 15) is 13.6 Å². The Kier molecular flexibility index (Phi) is 4.72. The van der Waals surface area contributed by atoms with E-state index >= 15 is 0 Å². The Hall–Kier alpha value is -3.00. The maximum atomic E-state index is 13.5. The zero-order chi connectivity index (χ0) is 18.8. The van der Waals surface area contributed by atoms with Gasteiger partial charge in [-0.05, 0) is 23.8 Å². The van der Waals surface area contributed by atoms with E-state index < -0.39 is 11.6 Å². The lowest BCUT2D eigenvalue weighted by Gasteiger charge is -2.34. The van der Waals surface area contributed by atoms with E-state index in [1.54, 1.807) is 23.4 Å². The molecule has 1 amide bonds. The number of nitrogens with one attached hydrogen (secondary N) is 1. The minimum Gasteiger partial charge on any atom is -0.459 e. The Bertz CT molecular complexity index is 931. The number of hydrogen-bond acceptors (Lipinski definition) is 4. The van der Waals surface area contributed by atoms with Crippen molar-refractivity contribution in [3.63, 3.8) is 0 Å². The molecule has 1 saturated heterocycles. The molecule has 8 heteroatoms. The van der Waals surface area contributed by atoms with Gasteiger partial charge < -0.3 is 14.3 Å². The van der Waals surface area contributed by atoms with Gasteiger partial charge in [-0.15, -0.1) is 0 Å². The maximum Gasteiger partial charge on any atom is 0.290 e. The van der Waals surface area contributed by atoms with Crippen LogP contribution in [0, 0.1) is 11.6 Å². The highest BCUT2D eigenvalue weighted by Gasteiger charge is 2.27. The Balaban J connectivity index is 1.45. The molecule has 6 nitrogen and oxygen atoms in total. The van der Waals surface area contributed by atoms with Crippen LogP contribution in [0.25, 0.3) is 11.1 Å². The number of amides is 1. The molecular formula is C19H18F2N4O2. The van der Waals surface area contributed by atoms with Gasteiger partial charge in [0.05, 0.1) is 12.8 Å². The number of furan rings is 1. The van der Waals surface area contributed by atoms with Gasteiger partial charge in [0.2, 0.25) is 0 Å². The summed E-state index contributed by atoms with van der Waals surface area (Å²) < 4.78 is 32.1. The second kappa shape index (κ2) is 7.32. The van der Waals surface area contributed by atoms with Crippen LogP contribution < -0.4 is 0 Å². The van der Waals surface area contributed by atoms with Crippen LogP contribution in [0.2, 0.25) is 0 Å². The molecule has 140 valence electrons. The molecule has 3 heterocycles. The highest BCUT2D eigenvalue weighted by atomic mass is 19.2. The Morgan fingerprint density at radius 1 is 1.15 bits per heavy atom. The number of carbonyl (C=O) groups is 1. The normalized spacial score (nSPS) is 15.3. The smallest absolute Gasteiger partial charge is 0.290 e. The highest BCUT2D eigenvalue weighted by molar-refractivity contribution is 5.98. The van der Waals surface area contributed by atoms with Crippen LogP contribution in [0.3, 0.4) is 0 Å². The molecule has 2 aromatic heterocycles. The van der Waals surface area contributed by atoms with Gasteiger partial charge in [-0.1, -0.05) is 6.07 Å². The average molecular weight is 372 g/mol. The SMILES string of the molecule is O=C(c1occc1-c1ccc(F)c(F)c1)N1CCN(Cc2ncc[nH]2)CC1. The van der Waals surface area contributed by atoms with Crippen LogP contribution in [-0.2, 0) is 6.54 Å². The monoisotopic (exact) mass is 372 g/mol. The number of imidazole rings is 1. The third kappa shape index (κ3) is 3.61. The topological polar surface area (TPSA) is 65.4 Å². The summed E-state index contributed by atoms with van der Waals surface area (Å²) in [4.78, 5) is 24.1. The standard InChI is InChI=1S/C19H18F2N4O2/c20-15-2-1-13(11-16(15)21)14-3-10-27-18(14)19(26)25-8-6-24(7-9-25)12-17-22-4-5-23-17/h1-5,10-11H,6-9,12H2,(H,22,23). The van der Waals surface area contributed by atoms with Gasteiger partial charge in [0.25, 0.3) is 5.91 Å². The van der Waals surface area contributed by atoms with E-state index in [1.807, 2.05) is 0 Å². The molecule has 1 aliphatic heterocycles. The van der Waals surface area contributed by atoms with Crippen molar-refractivity contribution in [2.45, 2.75) is 6.54 Å². The van der Waals surface area contributed by atoms with Crippen molar-refractivity contribution in [3.05, 3.63) is 66.1 Å². The highest BCUT2D eigenvalue weighted by Crippen LogP contribution is 2.27. The van der Waals surface area contributed by atoms with Crippen LogP contribution in [0.15, 0.2) is 47.3 Å². The van der Waals surface area contributed by atoms with E-state index in [1.165, 1.54) is 12.3 Å². The molecule has 0 bridgehead atoms. The molecule has 27 heavy (non-hydrogen) atoms. The minimum atomic E-state index is -0.960. The van der Waals surface area contributed by atoms with Gasteiger partial charge in [0.1, 0.15) is 5.82 Å². The van der Waals surface area contributed by atoms with Crippen LogP contribution in [0.5, 0.6) is 0 Å². The van der Waals surface area contributed by atoms with Crippen molar-refractivity contribution in [3.8, 4) is 11.1 Å². The number of aromatic nitrogens is 2. The summed E-state index contributed by atoms with van der Waals surface area (Å²) in [6, 6.07) is 5.13. The Morgan fingerprint density at radius 2 is 1.96 bits per heavy atom. The number of hydrogen-bond donors (Lipinski definition) is 1. The van der Waals surface area contributed by atoms with Crippen molar-refractivity contribution >= 4 is 5.91 Å². The van der Waals surface area contributed by atoms with E-state index in [0.717, 1.165) is 18.0 Å². The Labute approximate surface area is 154 Å². The summed E-state index contributed by atoms with van der Waals surface area (Å²) >= 11 is 0. The summed E-state index contributed by atoms with van der Waals surface area (Å²) in [6.45, 7) is 3.24. The van der Waals surface area contributed by atoms with Crippen LogP contribution in [0.1, 0.15) is 16.4 Å².